The summed E-state index contributed by atoms with van der Waals surface area (Å²) in [5.74, 6) is 0. The summed E-state index contributed by atoms with van der Waals surface area (Å²) in [4.78, 5) is 14.1. The van der Waals surface area contributed by atoms with E-state index in [0.717, 1.165) is 38.6 Å². The van der Waals surface area contributed by atoms with E-state index in [1.807, 2.05) is 31.7 Å². The Balaban J connectivity index is 1.75. The van der Waals surface area contributed by atoms with Gasteiger partial charge in [-0.05, 0) is 58.4 Å². The van der Waals surface area contributed by atoms with Crippen molar-refractivity contribution < 1.29 is 9.53 Å². The van der Waals surface area contributed by atoms with Crippen LogP contribution < -0.4 is 0 Å². The lowest BCUT2D eigenvalue weighted by molar-refractivity contribution is 0.0228. The molecule has 0 aliphatic carbocycles. The normalized spacial score (nSPS) is 18.6. The molecule has 0 spiro atoms. The number of amides is 1. The summed E-state index contributed by atoms with van der Waals surface area (Å²) in [6.45, 7) is 6.57. The number of benzene rings is 1. The molecule has 1 amide bonds. The molecule has 2 rings (SSSR count). The number of carbonyl (C=O) groups is 1. The van der Waals surface area contributed by atoms with Crippen molar-refractivity contribution in [1.82, 2.24) is 4.90 Å². The van der Waals surface area contributed by atoms with E-state index in [-0.39, 0.29) is 12.1 Å². The highest BCUT2D eigenvalue weighted by atomic mass is 16.6. The van der Waals surface area contributed by atoms with Crippen molar-refractivity contribution in [3.05, 3.63) is 48.0 Å². The van der Waals surface area contributed by atoms with Gasteiger partial charge < -0.3 is 9.64 Å². The lowest BCUT2D eigenvalue weighted by Gasteiger charge is -2.28. The number of allylic oxidation sites excluding steroid dienone is 1. The molecule has 1 heterocycles. The van der Waals surface area contributed by atoms with E-state index in [1.165, 1.54) is 5.56 Å². The van der Waals surface area contributed by atoms with E-state index in [4.69, 9.17) is 4.74 Å². The van der Waals surface area contributed by atoms with Crippen molar-refractivity contribution in [2.75, 3.05) is 6.54 Å². The Labute approximate surface area is 140 Å². The SMILES string of the molecule is CC(C)(C)OC(=O)N1CCCC1C/C=C\CCc1ccccc1. The maximum absolute atomic E-state index is 12.2. The van der Waals surface area contributed by atoms with Crippen LogP contribution in [-0.4, -0.2) is 29.2 Å². The van der Waals surface area contributed by atoms with Gasteiger partial charge in [-0.25, -0.2) is 4.79 Å². The standard InChI is InChI=1S/C20H29NO2/c1-20(2,3)23-19(22)21-16-10-15-18(21)14-9-5-8-13-17-11-6-4-7-12-17/h4-7,9,11-12,18H,8,10,13-16H2,1-3H3/b9-5-. The highest BCUT2D eigenvalue weighted by molar-refractivity contribution is 5.69. The third-order valence-electron chi connectivity index (χ3n) is 4.02. The third kappa shape index (κ3) is 6.09. The fourth-order valence-corrected chi connectivity index (χ4v) is 2.91. The number of carbonyl (C=O) groups excluding carboxylic acids is 1. The maximum Gasteiger partial charge on any atom is 0.410 e. The van der Waals surface area contributed by atoms with Crippen LogP contribution in [0.4, 0.5) is 4.79 Å². The van der Waals surface area contributed by atoms with Gasteiger partial charge in [-0.15, -0.1) is 0 Å². The van der Waals surface area contributed by atoms with Gasteiger partial charge in [-0.2, -0.15) is 0 Å². The molecule has 0 saturated carbocycles. The maximum atomic E-state index is 12.2. The second kappa shape index (κ2) is 8.19. The Kier molecular flexibility index (Phi) is 6.26. The topological polar surface area (TPSA) is 29.5 Å². The van der Waals surface area contributed by atoms with Crippen LogP contribution in [0.3, 0.4) is 0 Å². The first-order valence-electron chi connectivity index (χ1n) is 8.64. The number of ether oxygens (including phenoxy) is 1. The van der Waals surface area contributed by atoms with Crippen molar-refractivity contribution >= 4 is 6.09 Å². The van der Waals surface area contributed by atoms with E-state index in [1.54, 1.807) is 0 Å². The zero-order chi connectivity index (χ0) is 16.7. The fraction of sp³-hybridized carbons (Fsp3) is 0.550. The van der Waals surface area contributed by atoms with Crippen molar-refractivity contribution in [2.24, 2.45) is 0 Å². The lowest BCUT2D eigenvalue weighted by Crippen LogP contribution is -2.39. The molecule has 1 atom stereocenters. The van der Waals surface area contributed by atoms with Gasteiger partial charge in [0.05, 0.1) is 0 Å². The Morgan fingerprint density at radius 3 is 2.70 bits per heavy atom. The van der Waals surface area contributed by atoms with E-state index in [9.17, 15) is 4.79 Å². The number of aryl methyl sites for hydroxylation is 1. The molecule has 1 unspecified atom stereocenters. The highest BCUT2D eigenvalue weighted by Gasteiger charge is 2.31. The van der Waals surface area contributed by atoms with Crippen molar-refractivity contribution in [1.29, 1.82) is 0 Å². The molecular formula is C20H29NO2. The molecule has 0 N–H and O–H groups in total. The third-order valence-corrected chi connectivity index (χ3v) is 4.02. The molecule has 0 aromatic heterocycles. The van der Waals surface area contributed by atoms with E-state index < -0.39 is 5.60 Å². The summed E-state index contributed by atoms with van der Waals surface area (Å²) < 4.78 is 5.50. The second-order valence-corrected chi connectivity index (χ2v) is 7.20. The van der Waals surface area contributed by atoms with E-state index >= 15 is 0 Å². The largest absolute Gasteiger partial charge is 0.444 e. The molecule has 1 aliphatic heterocycles. The first-order chi connectivity index (χ1) is 11.0. The number of nitrogens with zero attached hydrogens (tertiary/aromatic N) is 1. The van der Waals surface area contributed by atoms with E-state index in [2.05, 4.69) is 36.4 Å². The lowest BCUT2D eigenvalue weighted by atomic mass is 10.1. The summed E-state index contributed by atoms with van der Waals surface area (Å²) in [6, 6.07) is 10.8. The smallest absolute Gasteiger partial charge is 0.410 e. The van der Waals surface area contributed by atoms with Crippen LogP contribution in [0.25, 0.3) is 0 Å². The molecule has 3 nitrogen and oxygen atoms in total. The fourth-order valence-electron chi connectivity index (χ4n) is 2.91. The molecule has 1 saturated heterocycles. The molecule has 1 aromatic carbocycles. The summed E-state index contributed by atoms with van der Waals surface area (Å²) >= 11 is 0. The number of hydrogen-bond acceptors (Lipinski definition) is 2. The molecule has 1 fully saturated rings. The quantitative estimate of drug-likeness (QED) is 0.718. The average molecular weight is 315 g/mol. The summed E-state index contributed by atoms with van der Waals surface area (Å²) in [6.07, 6.45) is 9.46. The van der Waals surface area contributed by atoms with Gasteiger partial charge in [0.1, 0.15) is 5.60 Å². The Bertz CT molecular complexity index is 516. The summed E-state index contributed by atoms with van der Waals surface area (Å²) in [5, 5.41) is 0. The molecule has 0 bridgehead atoms. The minimum Gasteiger partial charge on any atom is -0.444 e. The van der Waals surface area contributed by atoms with Gasteiger partial charge in [0.15, 0.2) is 0 Å². The summed E-state index contributed by atoms with van der Waals surface area (Å²) in [7, 11) is 0. The zero-order valence-electron chi connectivity index (χ0n) is 14.6. The van der Waals surface area contributed by atoms with Gasteiger partial charge in [-0.3, -0.25) is 0 Å². The van der Waals surface area contributed by atoms with Crippen LogP contribution >= 0.6 is 0 Å². The van der Waals surface area contributed by atoms with Crippen molar-refractivity contribution in [3.63, 3.8) is 0 Å². The van der Waals surface area contributed by atoms with Crippen molar-refractivity contribution in [2.45, 2.75) is 64.5 Å². The average Bonchev–Trinajstić information content (AvgIpc) is 2.95. The predicted octanol–water partition coefficient (Wildman–Crippen LogP) is 4.97. The van der Waals surface area contributed by atoms with Crippen LogP contribution in [0, 0.1) is 0 Å². The van der Waals surface area contributed by atoms with Gasteiger partial charge in [0.2, 0.25) is 0 Å². The Hall–Kier alpha value is -1.77. The second-order valence-electron chi connectivity index (χ2n) is 7.20. The molecular weight excluding hydrogens is 286 g/mol. The highest BCUT2D eigenvalue weighted by Crippen LogP contribution is 2.23. The van der Waals surface area contributed by atoms with Gasteiger partial charge in [0, 0.05) is 12.6 Å². The Morgan fingerprint density at radius 1 is 1.26 bits per heavy atom. The van der Waals surface area contributed by atoms with E-state index in [0.29, 0.717) is 0 Å². The molecule has 1 aliphatic rings. The summed E-state index contributed by atoms with van der Waals surface area (Å²) in [5.41, 5.74) is 0.948. The molecule has 3 heteroatoms. The molecule has 23 heavy (non-hydrogen) atoms. The van der Waals surface area contributed by atoms with Crippen LogP contribution in [0.1, 0.15) is 52.0 Å². The monoisotopic (exact) mass is 315 g/mol. The predicted molar refractivity (Wildman–Crippen MR) is 94.5 cm³/mol. The minimum atomic E-state index is -0.421. The van der Waals surface area contributed by atoms with Crippen LogP contribution in [0.5, 0.6) is 0 Å². The minimum absolute atomic E-state index is 0.169. The Morgan fingerprint density at radius 2 is 2.00 bits per heavy atom. The van der Waals surface area contributed by atoms with Crippen LogP contribution in [0.2, 0.25) is 0 Å². The van der Waals surface area contributed by atoms with Gasteiger partial charge in [-0.1, -0.05) is 42.5 Å². The molecule has 0 radical (unpaired) electrons. The van der Waals surface area contributed by atoms with Gasteiger partial charge in [0.25, 0.3) is 0 Å². The zero-order valence-corrected chi connectivity index (χ0v) is 14.6. The number of rotatable bonds is 5. The van der Waals surface area contributed by atoms with Crippen LogP contribution in [-0.2, 0) is 11.2 Å². The first kappa shape index (κ1) is 17.6. The van der Waals surface area contributed by atoms with Crippen molar-refractivity contribution in [3.8, 4) is 0 Å². The van der Waals surface area contributed by atoms with Gasteiger partial charge >= 0.3 is 6.09 Å². The molecule has 126 valence electrons. The molecule has 1 aromatic rings. The first-order valence-corrected chi connectivity index (χ1v) is 8.64. The van der Waals surface area contributed by atoms with Crippen LogP contribution in [0.15, 0.2) is 42.5 Å². The number of likely N-dealkylation sites (tertiary alicyclic amines) is 1. The number of hydrogen-bond donors (Lipinski definition) is 0.